The van der Waals surface area contributed by atoms with Gasteiger partial charge in [-0.05, 0) is 26.0 Å². The average Bonchev–Trinajstić information content (AvgIpc) is 2.52. The van der Waals surface area contributed by atoms with Crippen LogP contribution >= 0.6 is 0 Å². The molecular formula is C15H19N3O6. The maximum atomic E-state index is 11.8. The fourth-order valence-electron chi connectivity index (χ4n) is 1.70. The second-order valence-corrected chi connectivity index (χ2v) is 5.19. The number of carbonyl (C=O) groups excluding carboxylic acids is 3. The molecule has 0 saturated carbocycles. The fourth-order valence-corrected chi connectivity index (χ4v) is 1.70. The van der Waals surface area contributed by atoms with Gasteiger partial charge in [-0.2, -0.15) is 0 Å². The van der Waals surface area contributed by atoms with Gasteiger partial charge in [0.05, 0.1) is 11.3 Å². The molecule has 0 fully saturated rings. The van der Waals surface area contributed by atoms with Crippen molar-refractivity contribution < 1.29 is 24.0 Å². The minimum atomic E-state index is -0.613. The van der Waals surface area contributed by atoms with Gasteiger partial charge < -0.3 is 15.4 Å². The highest BCUT2D eigenvalue weighted by atomic mass is 16.6. The number of hydrogen-bond acceptors (Lipinski definition) is 6. The summed E-state index contributed by atoms with van der Waals surface area (Å²) in [5, 5.41) is 15.6. The summed E-state index contributed by atoms with van der Waals surface area (Å²) in [5.74, 6) is -1.47. The molecule has 1 aromatic carbocycles. The van der Waals surface area contributed by atoms with Crippen molar-refractivity contribution in [3.63, 3.8) is 0 Å². The van der Waals surface area contributed by atoms with Gasteiger partial charge in [-0.3, -0.25) is 24.5 Å². The highest BCUT2D eigenvalue weighted by Crippen LogP contribution is 2.11. The van der Waals surface area contributed by atoms with Crippen LogP contribution in [0.15, 0.2) is 24.3 Å². The van der Waals surface area contributed by atoms with Crippen molar-refractivity contribution in [2.45, 2.75) is 26.3 Å². The molecule has 9 nitrogen and oxygen atoms in total. The SMILES string of the molecule is CC(C)NC(=O)COC(=O)CCNC(=O)c1ccc([N+](=O)[O-])cc1. The zero-order chi connectivity index (χ0) is 18.1. The van der Waals surface area contributed by atoms with Gasteiger partial charge in [-0.15, -0.1) is 0 Å². The van der Waals surface area contributed by atoms with E-state index in [1.54, 1.807) is 13.8 Å². The van der Waals surface area contributed by atoms with Gasteiger partial charge in [-0.1, -0.05) is 0 Å². The minimum absolute atomic E-state index is 0.0282. The summed E-state index contributed by atoms with van der Waals surface area (Å²) in [6, 6.07) is 5.04. The Balaban J connectivity index is 2.31. The molecule has 0 radical (unpaired) electrons. The van der Waals surface area contributed by atoms with Gasteiger partial charge in [0, 0.05) is 30.3 Å². The predicted molar refractivity (Wildman–Crippen MR) is 84.3 cm³/mol. The molecule has 0 aromatic heterocycles. The Morgan fingerprint density at radius 2 is 1.83 bits per heavy atom. The predicted octanol–water partition coefficient (Wildman–Crippen LogP) is 0.782. The zero-order valence-corrected chi connectivity index (χ0v) is 13.4. The van der Waals surface area contributed by atoms with Gasteiger partial charge in [-0.25, -0.2) is 0 Å². The lowest BCUT2D eigenvalue weighted by Crippen LogP contribution is -2.34. The van der Waals surface area contributed by atoms with Crippen molar-refractivity contribution >= 4 is 23.5 Å². The minimum Gasteiger partial charge on any atom is -0.456 e. The molecule has 0 aliphatic rings. The number of hydrogen-bond donors (Lipinski definition) is 2. The maximum absolute atomic E-state index is 11.8. The molecule has 1 rings (SSSR count). The lowest BCUT2D eigenvalue weighted by molar-refractivity contribution is -0.384. The lowest BCUT2D eigenvalue weighted by atomic mass is 10.2. The molecule has 0 aliphatic carbocycles. The summed E-state index contributed by atoms with van der Waals surface area (Å²) in [4.78, 5) is 44.5. The second-order valence-electron chi connectivity index (χ2n) is 5.19. The first-order chi connectivity index (χ1) is 11.3. The Labute approximate surface area is 138 Å². The Kier molecular flexibility index (Phi) is 7.34. The van der Waals surface area contributed by atoms with E-state index in [4.69, 9.17) is 4.74 Å². The Morgan fingerprint density at radius 1 is 1.21 bits per heavy atom. The van der Waals surface area contributed by atoms with E-state index in [2.05, 4.69) is 10.6 Å². The molecule has 0 saturated heterocycles. The highest BCUT2D eigenvalue weighted by molar-refractivity contribution is 5.94. The third kappa shape index (κ3) is 6.86. The molecule has 0 unspecified atom stereocenters. The largest absolute Gasteiger partial charge is 0.456 e. The van der Waals surface area contributed by atoms with Crippen LogP contribution in [0.3, 0.4) is 0 Å². The number of nitrogens with zero attached hydrogens (tertiary/aromatic N) is 1. The Hall–Kier alpha value is -2.97. The number of rotatable bonds is 8. The molecule has 0 spiro atoms. The molecule has 0 aliphatic heterocycles. The number of nitro groups is 1. The molecule has 0 bridgehead atoms. The van der Waals surface area contributed by atoms with Crippen LogP contribution in [0.2, 0.25) is 0 Å². The number of amides is 2. The highest BCUT2D eigenvalue weighted by Gasteiger charge is 2.11. The van der Waals surface area contributed by atoms with E-state index in [-0.39, 0.29) is 36.9 Å². The first-order valence-corrected chi connectivity index (χ1v) is 7.27. The van der Waals surface area contributed by atoms with Crippen LogP contribution in [0.25, 0.3) is 0 Å². The van der Waals surface area contributed by atoms with E-state index < -0.39 is 22.7 Å². The van der Waals surface area contributed by atoms with Crippen LogP contribution < -0.4 is 10.6 Å². The van der Waals surface area contributed by atoms with Crippen molar-refractivity contribution in [2.75, 3.05) is 13.2 Å². The Morgan fingerprint density at radius 3 is 2.38 bits per heavy atom. The van der Waals surface area contributed by atoms with Gasteiger partial charge >= 0.3 is 5.97 Å². The molecule has 9 heteroatoms. The summed E-state index contributed by atoms with van der Waals surface area (Å²) in [6.07, 6.45) is -0.0896. The topological polar surface area (TPSA) is 128 Å². The quantitative estimate of drug-likeness (QED) is 0.410. The number of non-ortho nitro benzene ring substituents is 1. The van der Waals surface area contributed by atoms with E-state index >= 15 is 0 Å². The number of carbonyl (C=O) groups is 3. The van der Waals surface area contributed by atoms with Crippen molar-refractivity contribution in [1.82, 2.24) is 10.6 Å². The van der Waals surface area contributed by atoms with E-state index in [9.17, 15) is 24.5 Å². The van der Waals surface area contributed by atoms with Crippen molar-refractivity contribution in [2.24, 2.45) is 0 Å². The van der Waals surface area contributed by atoms with Gasteiger partial charge in [0.2, 0.25) is 0 Å². The van der Waals surface area contributed by atoms with Crippen LogP contribution in [0, 0.1) is 10.1 Å². The molecule has 1 aromatic rings. The molecular weight excluding hydrogens is 318 g/mol. The molecule has 0 heterocycles. The third-order valence-electron chi connectivity index (χ3n) is 2.77. The van der Waals surface area contributed by atoms with Crippen LogP contribution in [0.1, 0.15) is 30.6 Å². The summed E-state index contributed by atoms with van der Waals surface area (Å²) >= 11 is 0. The zero-order valence-electron chi connectivity index (χ0n) is 13.4. The summed E-state index contributed by atoms with van der Waals surface area (Å²) in [7, 11) is 0. The summed E-state index contributed by atoms with van der Waals surface area (Å²) < 4.78 is 4.76. The van der Waals surface area contributed by atoms with Crippen LogP contribution in [0.5, 0.6) is 0 Å². The number of ether oxygens (including phenoxy) is 1. The number of benzene rings is 1. The molecule has 2 amide bonds. The first-order valence-electron chi connectivity index (χ1n) is 7.27. The van der Waals surface area contributed by atoms with Crippen LogP contribution in [0.4, 0.5) is 5.69 Å². The summed E-state index contributed by atoms with van der Waals surface area (Å²) in [6.45, 7) is 3.23. The van der Waals surface area contributed by atoms with Crippen molar-refractivity contribution in [1.29, 1.82) is 0 Å². The summed E-state index contributed by atoms with van der Waals surface area (Å²) in [5.41, 5.74) is 0.125. The molecule has 2 N–H and O–H groups in total. The van der Waals surface area contributed by atoms with Crippen LogP contribution in [-0.2, 0) is 14.3 Å². The lowest BCUT2D eigenvalue weighted by Gasteiger charge is -2.09. The van der Waals surface area contributed by atoms with Gasteiger partial charge in [0.1, 0.15) is 0 Å². The number of esters is 1. The van der Waals surface area contributed by atoms with E-state index in [1.807, 2.05) is 0 Å². The smallest absolute Gasteiger partial charge is 0.308 e. The first kappa shape index (κ1) is 19.1. The Bertz CT molecular complexity index is 612. The normalized spacial score (nSPS) is 10.1. The maximum Gasteiger partial charge on any atom is 0.308 e. The van der Waals surface area contributed by atoms with E-state index in [1.165, 1.54) is 24.3 Å². The fraction of sp³-hybridized carbons (Fsp3) is 0.400. The van der Waals surface area contributed by atoms with Gasteiger partial charge in [0.25, 0.3) is 17.5 Å². The standard InChI is InChI=1S/C15H19N3O6/c1-10(2)17-13(19)9-24-14(20)7-8-16-15(21)11-3-5-12(6-4-11)18(22)23/h3-6,10H,7-9H2,1-2H3,(H,16,21)(H,17,19). The monoisotopic (exact) mass is 337 g/mol. The molecule has 130 valence electrons. The molecule has 0 atom stereocenters. The second kappa shape index (κ2) is 9.23. The van der Waals surface area contributed by atoms with E-state index in [0.29, 0.717) is 0 Å². The van der Waals surface area contributed by atoms with Crippen LogP contribution in [-0.4, -0.2) is 41.9 Å². The van der Waals surface area contributed by atoms with Gasteiger partial charge in [0.15, 0.2) is 6.61 Å². The van der Waals surface area contributed by atoms with Crippen molar-refractivity contribution in [3.05, 3.63) is 39.9 Å². The number of nitro benzene ring substituents is 1. The number of nitrogens with one attached hydrogen (secondary N) is 2. The third-order valence-corrected chi connectivity index (χ3v) is 2.77. The molecule has 24 heavy (non-hydrogen) atoms. The van der Waals surface area contributed by atoms with E-state index in [0.717, 1.165) is 0 Å². The van der Waals surface area contributed by atoms with Crippen molar-refractivity contribution in [3.8, 4) is 0 Å². The average molecular weight is 337 g/mol.